The van der Waals surface area contributed by atoms with Crippen LogP contribution in [0.2, 0.25) is 0 Å². The van der Waals surface area contributed by atoms with Crippen LogP contribution < -0.4 is 9.62 Å². The van der Waals surface area contributed by atoms with Gasteiger partial charge in [-0.3, -0.25) is 9.69 Å². The predicted molar refractivity (Wildman–Crippen MR) is 120 cm³/mol. The third kappa shape index (κ3) is 5.47. The van der Waals surface area contributed by atoms with E-state index in [0.717, 1.165) is 10.2 Å². The van der Waals surface area contributed by atoms with Gasteiger partial charge >= 0.3 is 5.97 Å². The lowest BCUT2D eigenvalue weighted by molar-refractivity contribution is -0.121. The number of fused-ring (bicyclic) bond motifs is 1. The van der Waals surface area contributed by atoms with E-state index in [1.807, 2.05) is 30.3 Å². The van der Waals surface area contributed by atoms with Gasteiger partial charge in [0, 0.05) is 19.5 Å². The quantitative estimate of drug-likeness (QED) is 0.374. The zero-order valence-corrected chi connectivity index (χ0v) is 18.8. The number of thiazole rings is 1. The van der Waals surface area contributed by atoms with Crippen LogP contribution in [0.5, 0.6) is 0 Å². The number of sulfonamides is 1. The molecule has 0 radical (unpaired) electrons. The Kier molecular flexibility index (Phi) is 7.53. The number of esters is 1. The van der Waals surface area contributed by atoms with E-state index in [1.165, 1.54) is 40.5 Å². The molecule has 0 unspecified atom stereocenters. The number of nitrogens with zero attached hydrogens (tertiary/aromatic N) is 3. The van der Waals surface area contributed by atoms with Crippen molar-refractivity contribution in [2.24, 2.45) is 0 Å². The first-order valence-electron chi connectivity index (χ1n) is 9.65. The van der Waals surface area contributed by atoms with E-state index in [2.05, 4.69) is 9.71 Å². The Hall–Kier alpha value is -3.33. The molecule has 32 heavy (non-hydrogen) atoms. The van der Waals surface area contributed by atoms with Crippen molar-refractivity contribution < 1.29 is 22.7 Å². The maximum atomic E-state index is 12.6. The van der Waals surface area contributed by atoms with Gasteiger partial charge < -0.3 is 4.74 Å². The summed E-state index contributed by atoms with van der Waals surface area (Å²) in [6.07, 6.45) is 0.0451. The highest BCUT2D eigenvalue weighted by Crippen LogP contribution is 2.28. The van der Waals surface area contributed by atoms with E-state index in [1.54, 1.807) is 6.92 Å². The Morgan fingerprint density at radius 3 is 2.56 bits per heavy atom. The Balaban J connectivity index is 1.61. The minimum absolute atomic E-state index is 0.00662. The minimum atomic E-state index is -3.78. The second-order valence-corrected chi connectivity index (χ2v) is 9.28. The van der Waals surface area contributed by atoms with Gasteiger partial charge in [-0.25, -0.2) is 22.9 Å². The Labute approximate surface area is 189 Å². The summed E-state index contributed by atoms with van der Waals surface area (Å²) in [6.45, 7) is 1.68. The van der Waals surface area contributed by atoms with Crippen molar-refractivity contribution in [2.45, 2.75) is 18.2 Å². The number of carbonyl (C=O) groups excluding carboxylic acids is 2. The maximum Gasteiger partial charge on any atom is 0.338 e. The Morgan fingerprint density at radius 1 is 1.19 bits per heavy atom. The van der Waals surface area contributed by atoms with Gasteiger partial charge in [0.25, 0.3) is 5.91 Å². The molecule has 3 rings (SSSR count). The van der Waals surface area contributed by atoms with Crippen LogP contribution in [0, 0.1) is 11.3 Å². The van der Waals surface area contributed by atoms with E-state index in [9.17, 15) is 18.0 Å². The molecule has 0 fully saturated rings. The highest BCUT2D eigenvalue weighted by molar-refractivity contribution is 7.89. The fourth-order valence-corrected chi connectivity index (χ4v) is 4.86. The second kappa shape index (κ2) is 10.3. The number of nitrogens with one attached hydrogen (secondary N) is 1. The molecule has 1 amide bonds. The first-order chi connectivity index (χ1) is 15.4. The standard InChI is InChI=1S/C21H20N4O5S2/c1-2-25(21-24-17-6-3-4-7-18(17)31-21)19(26)14-30-20(27)15-8-10-16(11-9-15)32(28,29)23-13-5-12-22/h3-4,6-11,23H,2,5,13-14H2,1H3. The largest absolute Gasteiger partial charge is 0.452 e. The smallest absolute Gasteiger partial charge is 0.338 e. The van der Waals surface area contributed by atoms with Crippen molar-refractivity contribution >= 4 is 48.6 Å². The molecule has 1 N–H and O–H groups in total. The van der Waals surface area contributed by atoms with E-state index < -0.39 is 28.5 Å². The number of carbonyl (C=O) groups is 2. The van der Waals surface area contributed by atoms with E-state index in [4.69, 9.17) is 10.00 Å². The highest BCUT2D eigenvalue weighted by Gasteiger charge is 2.20. The third-order valence-electron chi connectivity index (χ3n) is 4.39. The van der Waals surface area contributed by atoms with E-state index in [0.29, 0.717) is 11.7 Å². The number of anilines is 1. The average Bonchev–Trinajstić information content (AvgIpc) is 3.22. The molecule has 0 atom stereocenters. The SMILES string of the molecule is CCN(C(=O)COC(=O)c1ccc(S(=O)(=O)NCCC#N)cc1)c1nc2ccccc2s1. The third-order valence-corrected chi connectivity index (χ3v) is 6.92. The van der Waals surface area contributed by atoms with Crippen molar-refractivity contribution in [3.05, 3.63) is 54.1 Å². The predicted octanol–water partition coefficient (Wildman–Crippen LogP) is 2.70. The fourth-order valence-electron chi connectivity index (χ4n) is 2.78. The first kappa shape index (κ1) is 23.3. The summed E-state index contributed by atoms with van der Waals surface area (Å²) in [5.74, 6) is -1.17. The number of para-hydroxylation sites is 1. The molecule has 0 spiro atoms. The molecule has 0 aliphatic carbocycles. The van der Waals surface area contributed by atoms with Crippen LogP contribution in [-0.4, -0.2) is 45.0 Å². The fraction of sp³-hybridized carbons (Fsp3) is 0.238. The zero-order chi connectivity index (χ0) is 23.1. The Bertz CT molecular complexity index is 1230. The lowest BCUT2D eigenvalue weighted by Gasteiger charge is -2.17. The molecule has 0 saturated heterocycles. The summed E-state index contributed by atoms with van der Waals surface area (Å²) < 4.78 is 32.6. The highest BCUT2D eigenvalue weighted by atomic mass is 32.2. The number of aromatic nitrogens is 1. The number of nitriles is 1. The number of likely N-dealkylation sites (N-methyl/N-ethyl adjacent to an activating group) is 1. The van der Waals surface area contributed by atoms with Crippen LogP contribution in [0.1, 0.15) is 23.7 Å². The number of benzene rings is 2. The normalized spacial score (nSPS) is 11.1. The summed E-state index contributed by atoms with van der Waals surface area (Å²) in [6, 6.07) is 14.5. The van der Waals surface area contributed by atoms with Gasteiger partial charge in [0.05, 0.1) is 26.7 Å². The van der Waals surface area contributed by atoms with Crippen LogP contribution in [0.3, 0.4) is 0 Å². The lowest BCUT2D eigenvalue weighted by Crippen LogP contribution is -2.34. The number of rotatable bonds is 9. The van der Waals surface area contributed by atoms with Gasteiger partial charge in [0.2, 0.25) is 10.0 Å². The van der Waals surface area contributed by atoms with Gasteiger partial charge in [-0.15, -0.1) is 0 Å². The maximum absolute atomic E-state index is 12.6. The average molecular weight is 473 g/mol. The molecular weight excluding hydrogens is 452 g/mol. The summed E-state index contributed by atoms with van der Waals surface area (Å²) in [5, 5.41) is 9.02. The van der Waals surface area contributed by atoms with E-state index >= 15 is 0 Å². The van der Waals surface area contributed by atoms with Gasteiger partial charge in [0.15, 0.2) is 11.7 Å². The molecule has 1 heterocycles. The number of ether oxygens (including phenoxy) is 1. The Morgan fingerprint density at radius 2 is 1.91 bits per heavy atom. The van der Waals surface area contributed by atoms with Crippen LogP contribution in [-0.2, 0) is 19.6 Å². The van der Waals surface area contributed by atoms with Crippen molar-refractivity contribution in [3.63, 3.8) is 0 Å². The molecule has 0 aliphatic rings. The number of amides is 1. The van der Waals surface area contributed by atoms with Gasteiger partial charge in [0.1, 0.15) is 0 Å². The zero-order valence-electron chi connectivity index (χ0n) is 17.1. The molecule has 0 saturated carbocycles. The van der Waals surface area contributed by atoms with Crippen LogP contribution in [0.4, 0.5) is 5.13 Å². The summed E-state index contributed by atoms with van der Waals surface area (Å²) >= 11 is 1.37. The summed E-state index contributed by atoms with van der Waals surface area (Å²) in [4.78, 5) is 30.8. The van der Waals surface area contributed by atoms with Crippen LogP contribution in [0.15, 0.2) is 53.4 Å². The minimum Gasteiger partial charge on any atom is -0.452 e. The molecule has 3 aromatic rings. The summed E-state index contributed by atoms with van der Waals surface area (Å²) in [5.41, 5.74) is 0.893. The van der Waals surface area contributed by atoms with Crippen molar-refractivity contribution in [3.8, 4) is 6.07 Å². The first-order valence-corrected chi connectivity index (χ1v) is 12.0. The van der Waals surface area contributed by atoms with Crippen LogP contribution >= 0.6 is 11.3 Å². The van der Waals surface area contributed by atoms with E-state index in [-0.39, 0.29) is 23.4 Å². The molecule has 11 heteroatoms. The molecule has 166 valence electrons. The van der Waals surface area contributed by atoms with Gasteiger partial charge in [-0.05, 0) is 43.3 Å². The molecule has 2 aromatic carbocycles. The topological polar surface area (TPSA) is 129 Å². The van der Waals surface area contributed by atoms with Gasteiger partial charge in [-0.1, -0.05) is 23.5 Å². The number of hydrogen-bond donors (Lipinski definition) is 1. The molecule has 9 nitrogen and oxygen atoms in total. The molecule has 0 aliphatic heterocycles. The monoisotopic (exact) mass is 472 g/mol. The molecular formula is C21H20N4O5S2. The van der Waals surface area contributed by atoms with Crippen molar-refractivity contribution in [1.29, 1.82) is 5.26 Å². The second-order valence-electron chi connectivity index (χ2n) is 6.51. The summed E-state index contributed by atoms with van der Waals surface area (Å²) in [7, 11) is -3.78. The van der Waals surface area contributed by atoms with Gasteiger partial charge in [-0.2, -0.15) is 5.26 Å². The molecule has 1 aromatic heterocycles. The lowest BCUT2D eigenvalue weighted by atomic mass is 10.2. The van der Waals surface area contributed by atoms with Crippen molar-refractivity contribution in [1.82, 2.24) is 9.71 Å². The molecule has 0 bridgehead atoms. The number of hydrogen-bond acceptors (Lipinski definition) is 8. The van der Waals surface area contributed by atoms with Crippen LogP contribution in [0.25, 0.3) is 10.2 Å². The van der Waals surface area contributed by atoms with Crippen molar-refractivity contribution in [2.75, 3.05) is 24.6 Å².